The fraction of sp³-hybridized carbons (Fsp3) is 0.692. The van der Waals surface area contributed by atoms with Crippen LogP contribution in [-0.2, 0) is 28.7 Å². The minimum atomic E-state index is -1.12. The van der Waals surface area contributed by atoms with Crippen LogP contribution in [0.1, 0.15) is 40.5 Å². The zero-order chi connectivity index (χ0) is 16.2. The van der Waals surface area contributed by atoms with Crippen LogP contribution < -0.4 is 0 Å². The summed E-state index contributed by atoms with van der Waals surface area (Å²) in [5, 5.41) is 0. The number of hydrogen-bond donors (Lipinski definition) is 0. The van der Waals surface area contributed by atoms with Crippen molar-refractivity contribution >= 4 is 23.8 Å². The van der Waals surface area contributed by atoms with Gasteiger partial charge in [-0.25, -0.2) is 0 Å². The molecule has 1 saturated heterocycles. The Morgan fingerprint density at radius 1 is 0.857 bits per heavy atom. The average molecular weight is 300 g/mol. The fourth-order valence-corrected chi connectivity index (χ4v) is 1.87. The van der Waals surface area contributed by atoms with Crippen molar-refractivity contribution in [3.05, 3.63) is 0 Å². The number of carbonyl (C=O) groups excluding carboxylic acids is 4. The summed E-state index contributed by atoms with van der Waals surface area (Å²) in [5.74, 6) is -1.86. The third kappa shape index (κ3) is 3.93. The molecule has 21 heavy (non-hydrogen) atoms. The first-order chi connectivity index (χ1) is 9.81. The van der Waals surface area contributed by atoms with Crippen molar-refractivity contribution in [1.82, 2.24) is 9.80 Å². The van der Waals surface area contributed by atoms with Crippen LogP contribution in [0.4, 0.5) is 0 Å². The minimum Gasteiger partial charge on any atom is -0.435 e. The topological polar surface area (TPSA) is 93.2 Å². The molecule has 0 aromatic heterocycles. The first kappa shape index (κ1) is 16.9. The molecule has 0 aromatic rings. The summed E-state index contributed by atoms with van der Waals surface area (Å²) in [5.41, 5.74) is 0. The van der Waals surface area contributed by atoms with Crippen LogP contribution in [-0.4, -0.2) is 52.7 Å². The van der Waals surface area contributed by atoms with Crippen molar-refractivity contribution in [1.29, 1.82) is 0 Å². The highest BCUT2D eigenvalue weighted by molar-refractivity contribution is 5.79. The second kappa shape index (κ2) is 7.05. The molecule has 0 N–H and O–H groups in total. The Balaban J connectivity index is 3.06. The van der Waals surface area contributed by atoms with Gasteiger partial charge in [-0.2, -0.15) is 0 Å². The van der Waals surface area contributed by atoms with Gasteiger partial charge in [-0.3, -0.25) is 29.0 Å². The molecule has 8 heteroatoms. The van der Waals surface area contributed by atoms with Crippen LogP contribution in [0.15, 0.2) is 0 Å². The molecular formula is C13H20N2O6. The summed E-state index contributed by atoms with van der Waals surface area (Å²) >= 11 is 0. The van der Waals surface area contributed by atoms with E-state index in [2.05, 4.69) is 0 Å². The van der Waals surface area contributed by atoms with Crippen LogP contribution in [0.3, 0.4) is 0 Å². The normalized spacial score (nSPS) is 21.1. The highest BCUT2D eigenvalue weighted by Crippen LogP contribution is 2.24. The van der Waals surface area contributed by atoms with E-state index in [1.54, 1.807) is 13.8 Å². The summed E-state index contributed by atoms with van der Waals surface area (Å²) < 4.78 is 10.3. The van der Waals surface area contributed by atoms with Crippen molar-refractivity contribution in [2.24, 2.45) is 0 Å². The predicted molar refractivity (Wildman–Crippen MR) is 70.2 cm³/mol. The molecule has 0 aliphatic carbocycles. The summed E-state index contributed by atoms with van der Waals surface area (Å²) in [7, 11) is 0. The molecular weight excluding hydrogens is 280 g/mol. The van der Waals surface area contributed by atoms with Gasteiger partial charge in [0.25, 0.3) is 0 Å². The Morgan fingerprint density at radius 2 is 1.19 bits per heavy atom. The maximum atomic E-state index is 11.7. The molecule has 8 nitrogen and oxygen atoms in total. The van der Waals surface area contributed by atoms with Crippen molar-refractivity contribution in [3.8, 4) is 0 Å². The van der Waals surface area contributed by atoms with E-state index in [1.807, 2.05) is 0 Å². The molecule has 1 aliphatic rings. The summed E-state index contributed by atoms with van der Waals surface area (Å²) in [4.78, 5) is 48.7. The Morgan fingerprint density at radius 3 is 1.43 bits per heavy atom. The highest BCUT2D eigenvalue weighted by Gasteiger charge is 2.47. The fourth-order valence-electron chi connectivity index (χ4n) is 1.87. The molecule has 118 valence electrons. The van der Waals surface area contributed by atoms with Gasteiger partial charge in [0.2, 0.25) is 24.3 Å². The number of esters is 2. The summed E-state index contributed by atoms with van der Waals surface area (Å²) in [6.45, 7) is 5.69. The Bertz CT molecular complexity index is 410. The van der Waals surface area contributed by atoms with Gasteiger partial charge in [-0.05, 0) is 0 Å². The van der Waals surface area contributed by atoms with Gasteiger partial charge < -0.3 is 9.47 Å². The van der Waals surface area contributed by atoms with E-state index in [1.165, 1.54) is 23.6 Å². The summed E-state index contributed by atoms with van der Waals surface area (Å²) in [6, 6.07) is 0. The minimum absolute atomic E-state index is 0.0893. The number of carbonyl (C=O) groups is 4. The van der Waals surface area contributed by atoms with Crippen LogP contribution in [0.2, 0.25) is 0 Å². The van der Waals surface area contributed by atoms with E-state index >= 15 is 0 Å². The van der Waals surface area contributed by atoms with Gasteiger partial charge in [-0.15, -0.1) is 0 Å². The smallest absolute Gasteiger partial charge is 0.307 e. The number of ether oxygens (including phenoxy) is 2. The van der Waals surface area contributed by atoms with Gasteiger partial charge >= 0.3 is 11.9 Å². The average Bonchev–Trinajstić information content (AvgIpc) is 2.77. The molecule has 0 radical (unpaired) electrons. The second-order valence-electron chi connectivity index (χ2n) is 4.59. The monoisotopic (exact) mass is 300 g/mol. The third-order valence-electron chi connectivity index (χ3n) is 3.05. The molecule has 0 aromatic carbocycles. The Labute approximate surface area is 123 Å². The molecule has 0 bridgehead atoms. The zero-order valence-corrected chi connectivity index (χ0v) is 12.6. The number of hydrogen-bond acceptors (Lipinski definition) is 6. The van der Waals surface area contributed by atoms with E-state index in [4.69, 9.17) is 9.47 Å². The van der Waals surface area contributed by atoms with E-state index in [9.17, 15) is 19.2 Å². The van der Waals surface area contributed by atoms with Crippen molar-refractivity contribution in [2.45, 2.75) is 53.0 Å². The van der Waals surface area contributed by atoms with Gasteiger partial charge in [0.1, 0.15) is 6.67 Å². The van der Waals surface area contributed by atoms with Crippen molar-refractivity contribution in [2.75, 3.05) is 6.67 Å². The standard InChI is InChI=1S/C13H20N2O6/c1-5-10(18)20-12-13(21-11(19)6-2)15(9(4)17)7-14(12)8(3)16/h12-13H,5-7H2,1-4H3. The van der Waals surface area contributed by atoms with Crippen LogP contribution >= 0.6 is 0 Å². The maximum absolute atomic E-state index is 11.7. The lowest BCUT2D eigenvalue weighted by atomic mass is 10.4. The largest absolute Gasteiger partial charge is 0.435 e. The SMILES string of the molecule is CCC(=O)OC1C(OC(=O)CC)N(C(C)=O)CN1C(C)=O. The van der Waals surface area contributed by atoms with Gasteiger partial charge in [-0.1, -0.05) is 13.8 Å². The number of nitrogens with zero attached hydrogens (tertiary/aromatic N) is 2. The van der Waals surface area contributed by atoms with Crippen LogP contribution in [0.5, 0.6) is 0 Å². The maximum Gasteiger partial charge on any atom is 0.307 e. The molecule has 1 fully saturated rings. The lowest BCUT2D eigenvalue weighted by Crippen LogP contribution is -2.45. The molecule has 0 spiro atoms. The van der Waals surface area contributed by atoms with Gasteiger partial charge in [0, 0.05) is 26.7 Å². The van der Waals surface area contributed by atoms with Gasteiger partial charge in [0.05, 0.1) is 0 Å². The number of rotatable bonds is 4. The lowest BCUT2D eigenvalue weighted by molar-refractivity contribution is -0.185. The lowest BCUT2D eigenvalue weighted by Gasteiger charge is -2.26. The molecule has 2 atom stereocenters. The number of amides is 2. The highest BCUT2D eigenvalue weighted by atomic mass is 16.6. The van der Waals surface area contributed by atoms with E-state index in [0.29, 0.717) is 0 Å². The zero-order valence-electron chi connectivity index (χ0n) is 12.6. The molecule has 2 amide bonds. The van der Waals surface area contributed by atoms with Crippen molar-refractivity contribution in [3.63, 3.8) is 0 Å². The molecule has 2 unspecified atom stereocenters. The van der Waals surface area contributed by atoms with Crippen LogP contribution in [0.25, 0.3) is 0 Å². The second-order valence-corrected chi connectivity index (χ2v) is 4.59. The first-order valence-corrected chi connectivity index (χ1v) is 6.75. The van der Waals surface area contributed by atoms with E-state index in [-0.39, 0.29) is 31.3 Å². The molecule has 1 rings (SSSR count). The molecule has 1 aliphatic heterocycles. The first-order valence-electron chi connectivity index (χ1n) is 6.75. The Hall–Kier alpha value is -2.12. The van der Waals surface area contributed by atoms with E-state index < -0.39 is 24.4 Å². The third-order valence-corrected chi connectivity index (χ3v) is 3.05. The molecule has 1 heterocycles. The van der Waals surface area contributed by atoms with Gasteiger partial charge in [0.15, 0.2) is 0 Å². The quantitative estimate of drug-likeness (QED) is 0.689. The van der Waals surface area contributed by atoms with Crippen LogP contribution in [0, 0.1) is 0 Å². The Kier molecular flexibility index (Phi) is 5.69. The molecule has 0 saturated carbocycles. The van der Waals surface area contributed by atoms with E-state index in [0.717, 1.165) is 0 Å². The summed E-state index contributed by atoms with van der Waals surface area (Å²) in [6.07, 6.45) is -2.02. The van der Waals surface area contributed by atoms with Crippen molar-refractivity contribution < 1.29 is 28.7 Å². The predicted octanol–water partition coefficient (Wildman–Crippen LogP) is 0.213.